The number of aromatic nitrogens is 2. The van der Waals surface area contributed by atoms with Gasteiger partial charge in [0.25, 0.3) is 5.91 Å². The van der Waals surface area contributed by atoms with Crippen LogP contribution in [0, 0.1) is 6.92 Å². The molecule has 1 aliphatic heterocycles. The van der Waals surface area contributed by atoms with E-state index in [9.17, 15) is 4.79 Å². The van der Waals surface area contributed by atoms with Crippen LogP contribution < -0.4 is 4.90 Å². The molecule has 2 aliphatic rings. The smallest absolute Gasteiger partial charge is 0.253 e. The molecule has 3 heterocycles. The van der Waals surface area contributed by atoms with Gasteiger partial charge >= 0.3 is 0 Å². The predicted molar refractivity (Wildman–Crippen MR) is 151 cm³/mol. The molecule has 2 aromatic heterocycles. The molecular weight excluding hydrogens is 458 g/mol. The van der Waals surface area contributed by atoms with Gasteiger partial charge in [-0.3, -0.25) is 4.79 Å². The first-order valence-corrected chi connectivity index (χ1v) is 13.3. The Balaban J connectivity index is 1.35. The highest BCUT2D eigenvalue weighted by molar-refractivity contribution is 5.99. The van der Waals surface area contributed by atoms with E-state index in [0.29, 0.717) is 5.92 Å². The predicted octanol–water partition coefficient (Wildman–Crippen LogP) is 5.54. The second kappa shape index (κ2) is 9.34. The number of nitrogens with zero attached hydrogens (tertiary/aromatic N) is 4. The third-order valence-corrected chi connectivity index (χ3v) is 7.92. The van der Waals surface area contributed by atoms with Gasteiger partial charge < -0.3 is 19.7 Å². The van der Waals surface area contributed by atoms with E-state index >= 15 is 0 Å². The number of aromatic amines is 1. The summed E-state index contributed by atoms with van der Waals surface area (Å²) in [6.07, 6.45) is 6.31. The van der Waals surface area contributed by atoms with Gasteiger partial charge in [0.2, 0.25) is 0 Å². The van der Waals surface area contributed by atoms with E-state index in [-0.39, 0.29) is 5.91 Å². The van der Waals surface area contributed by atoms with E-state index in [1.54, 1.807) is 4.90 Å². The van der Waals surface area contributed by atoms with Crippen LogP contribution in [0.2, 0.25) is 0 Å². The second-order valence-corrected chi connectivity index (χ2v) is 10.9. The average molecular weight is 494 g/mol. The Bertz CT molecular complexity index is 1470. The first-order chi connectivity index (χ1) is 17.9. The molecule has 6 heteroatoms. The number of amides is 1. The minimum atomic E-state index is 0.0757. The maximum atomic E-state index is 12.8. The fourth-order valence-corrected chi connectivity index (χ4v) is 5.54. The van der Waals surface area contributed by atoms with Crippen LogP contribution in [0.15, 0.2) is 54.9 Å². The molecule has 0 atom stereocenters. The van der Waals surface area contributed by atoms with Crippen molar-refractivity contribution in [1.29, 1.82) is 0 Å². The summed E-state index contributed by atoms with van der Waals surface area (Å²) in [5.74, 6) is 0.561. The number of likely N-dealkylation sites (N-methyl/N-ethyl adjacent to an activating group) is 1. The molecule has 1 aliphatic carbocycles. The number of carbonyl (C=O) groups excluding carboxylic acids is 1. The van der Waals surface area contributed by atoms with Crippen LogP contribution >= 0.6 is 0 Å². The van der Waals surface area contributed by atoms with E-state index in [0.717, 1.165) is 72.3 Å². The van der Waals surface area contributed by atoms with Crippen molar-refractivity contribution in [3.8, 4) is 22.3 Å². The lowest BCUT2D eigenvalue weighted by Crippen LogP contribution is -2.44. The van der Waals surface area contributed by atoms with Gasteiger partial charge in [0.05, 0.1) is 0 Å². The summed E-state index contributed by atoms with van der Waals surface area (Å²) in [7, 11) is 5.83. The van der Waals surface area contributed by atoms with Gasteiger partial charge in [0.15, 0.2) is 0 Å². The van der Waals surface area contributed by atoms with Crippen LogP contribution in [0.3, 0.4) is 0 Å². The molecule has 0 radical (unpaired) electrons. The van der Waals surface area contributed by atoms with Gasteiger partial charge in [-0.25, -0.2) is 4.98 Å². The number of aryl methyl sites for hydroxylation is 1. The summed E-state index contributed by atoms with van der Waals surface area (Å²) in [5, 5.41) is 1.10. The zero-order valence-electron chi connectivity index (χ0n) is 22.2. The second-order valence-electron chi connectivity index (χ2n) is 10.9. The van der Waals surface area contributed by atoms with Crippen LogP contribution in [0.25, 0.3) is 33.3 Å². The summed E-state index contributed by atoms with van der Waals surface area (Å²) in [6.45, 7) is 6.55. The largest absolute Gasteiger partial charge is 0.369 e. The minimum absolute atomic E-state index is 0.0757. The maximum Gasteiger partial charge on any atom is 0.253 e. The maximum absolute atomic E-state index is 12.8. The number of carbonyl (C=O) groups is 1. The normalized spacial score (nSPS) is 16.4. The van der Waals surface area contributed by atoms with Crippen molar-refractivity contribution in [3.05, 3.63) is 71.5 Å². The zero-order valence-corrected chi connectivity index (χ0v) is 22.2. The minimum Gasteiger partial charge on any atom is -0.369 e. The van der Waals surface area contributed by atoms with Crippen molar-refractivity contribution in [2.24, 2.45) is 0 Å². The number of anilines is 1. The van der Waals surface area contributed by atoms with Crippen LogP contribution in [-0.4, -0.2) is 73.0 Å². The fourth-order valence-electron chi connectivity index (χ4n) is 5.54. The molecule has 1 saturated heterocycles. The lowest BCUT2D eigenvalue weighted by atomic mass is 9.95. The van der Waals surface area contributed by atoms with Crippen molar-refractivity contribution in [1.82, 2.24) is 19.8 Å². The van der Waals surface area contributed by atoms with E-state index in [1.165, 1.54) is 22.4 Å². The number of nitrogens with one attached hydrogen (secondary N) is 1. The molecule has 0 unspecified atom stereocenters. The summed E-state index contributed by atoms with van der Waals surface area (Å²) < 4.78 is 0. The van der Waals surface area contributed by atoms with Gasteiger partial charge in [0.1, 0.15) is 5.65 Å². The van der Waals surface area contributed by atoms with Gasteiger partial charge in [0, 0.05) is 80.4 Å². The average Bonchev–Trinajstić information content (AvgIpc) is 3.67. The Labute approximate surface area is 218 Å². The topological polar surface area (TPSA) is 55.5 Å². The molecule has 4 aromatic rings. The number of piperazine rings is 1. The molecular formula is C31H35N5O. The molecule has 0 spiro atoms. The lowest BCUT2D eigenvalue weighted by molar-refractivity contribution is 0.0826. The molecule has 190 valence electrons. The summed E-state index contributed by atoms with van der Waals surface area (Å²) in [4.78, 5) is 27.4. The summed E-state index contributed by atoms with van der Waals surface area (Å²) in [6, 6.07) is 15.3. The quantitative estimate of drug-likeness (QED) is 0.397. The highest BCUT2D eigenvalue weighted by Gasteiger charge is 2.29. The molecule has 1 amide bonds. The monoisotopic (exact) mass is 493 g/mol. The molecule has 37 heavy (non-hydrogen) atoms. The number of benzene rings is 2. The Hall–Kier alpha value is -3.64. The van der Waals surface area contributed by atoms with Crippen molar-refractivity contribution in [2.75, 3.05) is 52.2 Å². The Morgan fingerprint density at radius 1 is 0.973 bits per heavy atom. The molecule has 2 aromatic carbocycles. The number of fused-ring (bicyclic) bond motifs is 1. The molecule has 1 N–H and O–H groups in total. The lowest BCUT2D eigenvalue weighted by Gasteiger charge is -2.35. The number of hydrogen-bond donors (Lipinski definition) is 1. The Kier molecular flexibility index (Phi) is 6.00. The Morgan fingerprint density at radius 2 is 1.73 bits per heavy atom. The van der Waals surface area contributed by atoms with Crippen molar-refractivity contribution in [3.63, 3.8) is 0 Å². The molecule has 6 nitrogen and oxygen atoms in total. The molecule has 1 saturated carbocycles. The number of H-pyrrole nitrogens is 1. The first kappa shape index (κ1) is 23.7. The van der Waals surface area contributed by atoms with Crippen molar-refractivity contribution >= 4 is 22.6 Å². The van der Waals surface area contributed by atoms with Crippen LogP contribution in [0.1, 0.15) is 40.2 Å². The van der Waals surface area contributed by atoms with Gasteiger partial charge in [-0.2, -0.15) is 0 Å². The van der Waals surface area contributed by atoms with E-state index in [4.69, 9.17) is 4.98 Å². The van der Waals surface area contributed by atoms with Crippen LogP contribution in [0.4, 0.5) is 5.69 Å². The SMILES string of the molecule is Cc1cc(-c2cnc3[nH]cc(-c4ccc(C(=O)N(C)C)c(C5CC5)c4)c3c2)ccc1N1CCN(C)CC1. The highest BCUT2D eigenvalue weighted by Crippen LogP contribution is 2.44. The van der Waals surface area contributed by atoms with Crippen molar-refractivity contribution < 1.29 is 4.79 Å². The van der Waals surface area contributed by atoms with E-state index < -0.39 is 0 Å². The Morgan fingerprint density at radius 3 is 2.43 bits per heavy atom. The third kappa shape index (κ3) is 4.51. The van der Waals surface area contributed by atoms with Gasteiger partial charge in [-0.1, -0.05) is 18.2 Å². The van der Waals surface area contributed by atoms with E-state index in [2.05, 4.69) is 65.2 Å². The fraction of sp³-hybridized carbons (Fsp3) is 0.355. The van der Waals surface area contributed by atoms with Gasteiger partial charge in [-0.05, 0) is 79.3 Å². The summed E-state index contributed by atoms with van der Waals surface area (Å²) >= 11 is 0. The van der Waals surface area contributed by atoms with Crippen molar-refractivity contribution in [2.45, 2.75) is 25.7 Å². The molecule has 6 rings (SSSR count). The standard InChI is InChI=1S/C31H35N5O/c1-20-15-22(8-10-29(20)36-13-11-35(4)12-14-36)24-17-27-28(19-33-30(27)32-18-24)23-7-9-25(31(37)34(2)3)26(16-23)21-5-6-21/h7-10,15-19,21H,5-6,11-14H2,1-4H3,(H,32,33). The van der Waals surface area contributed by atoms with Crippen LogP contribution in [-0.2, 0) is 0 Å². The van der Waals surface area contributed by atoms with E-state index in [1.807, 2.05) is 32.6 Å². The van der Waals surface area contributed by atoms with Crippen LogP contribution in [0.5, 0.6) is 0 Å². The van der Waals surface area contributed by atoms with Gasteiger partial charge in [-0.15, -0.1) is 0 Å². The number of rotatable bonds is 5. The first-order valence-electron chi connectivity index (χ1n) is 13.3. The number of pyridine rings is 1. The molecule has 0 bridgehead atoms. The summed E-state index contributed by atoms with van der Waals surface area (Å²) in [5.41, 5.74) is 10.1. The number of hydrogen-bond acceptors (Lipinski definition) is 4. The highest BCUT2D eigenvalue weighted by atomic mass is 16.2. The zero-order chi connectivity index (χ0) is 25.7. The molecule has 2 fully saturated rings. The third-order valence-electron chi connectivity index (χ3n) is 7.92.